The van der Waals surface area contributed by atoms with Gasteiger partial charge in [0.2, 0.25) is 0 Å². The summed E-state index contributed by atoms with van der Waals surface area (Å²) in [6.07, 6.45) is 5.28. The molecule has 0 radical (unpaired) electrons. The van der Waals surface area contributed by atoms with E-state index in [2.05, 4.69) is 32.2 Å². The molecule has 0 fully saturated rings. The van der Waals surface area contributed by atoms with Gasteiger partial charge in [0.15, 0.2) is 0 Å². The summed E-state index contributed by atoms with van der Waals surface area (Å²) in [4.78, 5) is 0. The van der Waals surface area contributed by atoms with Crippen molar-refractivity contribution in [2.24, 2.45) is 0 Å². The lowest BCUT2D eigenvalue weighted by Crippen LogP contribution is -2.51. The van der Waals surface area contributed by atoms with Crippen molar-refractivity contribution in [2.75, 3.05) is 20.3 Å². The quantitative estimate of drug-likeness (QED) is 0.725. The molecule has 1 N–H and O–H groups in total. The van der Waals surface area contributed by atoms with E-state index in [1.54, 1.807) is 7.11 Å². The minimum Gasteiger partial charge on any atom is -0.496 e. The monoisotopic (exact) mass is 227 g/mol. The summed E-state index contributed by atoms with van der Waals surface area (Å²) in [5, 5.41) is 3.54. The molecule has 94 valence electrons. The van der Waals surface area contributed by atoms with Gasteiger partial charge < -0.3 is 14.8 Å². The van der Waals surface area contributed by atoms with Crippen molar-refractivity contribution in [3.8, 4) is 0 Å². The van der Waals surface area contributed by atoms with Gasteiger partial charge >= 0.3 is 0 Å². The van der Waals surface area contributed by atoms with E-state index >= 15 is 0 Å². The van der Waals surface area contributed by atoms with Crippen LogP contribution in [0.3, 0.4) is 0 Å². The zero-order chi connectivity index (χ0) is 12.0. The van der Waals surface area contributed by atoms with Crippen molar-refractivity contribution in [2.45, 2.75) is 51.7 Å². The molecular weight excluding hydrogens is 202 g/mol. The van der Waals surface area contributed by atoms with E-state index in [4.69, 9.17) is 9.47 Å². The van der Waals surface area contributed by atoms with Crippen LogP contribution in [-0.4, -0.2) is 31.9 Å². The van der Waals surface area contributed by atoms with Gasteiger partial charge in [0.25, 0.3) is 0 Å². The molecule has 0 aliphatic carbocycles. The highest BCUT2D eigenvalue weighted by Crippen LogP contribution is 2.27. The molecule has 3 nitrogen and oxygen atoms in total. The smallest absolute Gasteiger partial charge is 0.112 e. The van der Waals surface area contributed by atoms with Crippen LogP contribution in [0.15, 0.2) is 11.8 Å². The van der Waals surface area contributed by atoms with Crippen LogP contribution in [0.1, 0.15) is 40.0 Å². The lowest BCUT2D eigenvalue weighted by atomic mass is 9.91. The number of ether oxygens (including phenoxy) is 2. The average Bonchev–Trinajstić information content (AvgIpc) is 2.82. The molecule has 0 aromatic rings. The standard InChI is InChI=1S/C13H25NO2/c1-5-9-14-12(11-8-7-10-16-11)13(3,6-2)15-4/h8,12,14H,5-7,9-10H2,1-4H3. The molecule has 0 bridgehead atoms. The molecule has 1 rings (SSSR count). The molecule has 0 saturated carbocycles. The predicted molar refractivity (Wildman–Crippen MR) is 66.4 cm³/mol. The van der Waals surface area contributed by atoms with E-state index in [1.807, 2.05) is 0 Å². The summed E-state index contributed by atoms with van der Waals surface area (Å²) in [7, 11) is 1.78. The van der Waals surface area contributed by atoms with Gasteiger partial charge in [-0.2, -0.15) is 0 Å². The van der Waals surface area contributed by atoms with Crippen LogP contribution in [0.25, 0.3) is 0 Å². The second-order valence-corrected chi connectivity index (χ2v) is 4.50. The molecule has 0 amide bonds. The molecule has 3 heteroatoms. The molecule has 0 spiro atoms. The van der Waals surface area contributed by atoms with Crippen molar-refractivity contribution in [3.63, 3.8) is 0 Å². The fraction of sp³-hybridized carbons (Fsp3) is 0.846. The highest BCUT2D eigenvalue weighted by molar-refractivity contribution is 5.13. The van der Waals surface area contributed by atoms with E-state index in [0.29, 0.717) is 0 Å². The summed E-state index contributed by atoms with van der Waals surface area (Å²) < 4.78 is 11.4. The maximum atomic E-state index is 5.68. The molecule has 2 atom stereocenters. The number of hydrogen-bond donors (Lipinski definition) is 1. The third-order valence-electron chi connectivity index (χ3n) is 3.39. The Morgan fingerprint density at radius 1 is 1.56 bits per heavy atom. The van der Waals surface area contributed by atoms with Gasteiger partial charge in [-0.1, -0.05) is 13.8 Å². The Kier molecular flexibility index (Phi) is 5.29. The van der Waals surface area contributed by atoms with Gasteiger partial charge in [0, 0.05) is 13.5 Å². The molecule has 1 aliphatic rings. The van der Waals surface area contributed by atoms with Crippen LogP contribution >= 0.6 is 0 Å². The molecule has 1 heterocycles. The normalized spacial score (nSPS) is 21.1. The predicted octanol–water partition coefficient (Wildman–Crippen LogP) is 2.47. The fourth-order valence-electron chi connectivity index (χ4n) is 2.01. The van der Waals surface area contributed by atoms with Crippen molar-refractivity contribution < 1.29 is 9.47 Å². The Morgan fingerprint density at radius 3 is 2.75 bits per heavy atom. The molecule has 16 heavy (non-hydrogen) atoms. The molecular formula is C13H25NO2. The highest BCUT2D eigenvalue weighted by Gasteiger charge is 2.36. The molecule has 0 aromatic carbocycles. The van der Waals surface area contributed by atoms with Crippen molar-refractivity contribution in [3.05, 3.63) is 11.8 Å². The summed E-state index contributed by atoms with van der Waals surface area (Å²) >= 11 is 0. The minimum atomic E-state index is -0.189. The first-order valence-corrected chi connectivity index (χ1v) is 6.29. The number of methoxy groups -OCH3 is 1. The van der Waals surface area contributed by atoms with Crippen molar-refractivity contribution in [1.29, 1.82) is 0 Å². The molecule has 0 saturated heterocycles. The third-order valence-corrected chi connectivity index (χ3v) is 3.39. The minimum absolute atomic E-state index is 0.171. The van der Waals surface area contributed by atoms with E-state index in [1.165, 1.54) is 0 Å². The maximum Gasteiger partial charge on any atom is 0.112 e. The van der Waals surface area contributed by atoms with Gasteiger partial charge in [0.05, 0.1) is 18.2 Å². The number of nitrogens with one attached hydrogen (secondary N) is 1. The zero-order valence-corrected chi connectivity index (χ0v) is 11.0. The second kappa shape index (κ2) is 6.26. The van der Waals surface area contributed by atoms with Crippen LogP contribution in [-0.2, 0) is 9.47 Å². The van der Waals surface area contributed by atoms with Gasteiger partial charge in [-0.25, -0.2) is 0 Å². The van der Waals surface area contributed by atoms with E-state index < -0.39 is 0 Å². The van der Waals surface area contributed by atoms with E-state index in [9.17, 15) is 0 Å². The Balaban J connectivity index is 2.76. The van der Waals surface area contributed by atoms with Crippen LogP contribution in [0.5, 0.6) is 0 Å². The first-order valence-electron chi connectivity index (χ1n) is 6.29. The van der Waals surface area contributed by atoms with Crippen LogP contribution in [0, 0.1) is 0 Å². The molecule has 0 aromatic heterocycles. The summed E-state index contributed by atoms with van der Waals surface area (Å²) in [5.74, 6) is 1.06. The van der Waals surface area contributed by atoms with Crippen molar-refractivity contribution in [1.82, 2.24) is 5.32 Å². The maximum absolute atomic E-state index is 5.68. The highest BCUT2D eigenvalue weighted by atomic mass is 16.5. The third kappa shape index (κ3) is 2.98. The SMILES string of the molecule is CCCNC(C1=CCCO1)C(C)(CC)OC. The van der Waals surface area contributed by atoms with Gasteiger partial charge in [-0.05, 0) is 32.4 Å². The summed E-state index contributed by atoms with van der Waals surface area (Å²) in [6, 6.07) is 0.171. The molecule has 2 unspecified atom stereocenters. The largest absolute Gasteiger partial charge is 0.496 e. The molecule has 1 aliphatic heterocycles. The Morgan fingerprint density at radius 2 is 2.31 bits per heavy atom. The number of rotatable bonds is 7. The van der Waals surface area contributed by atoms with Crippen molar-refractivity contribution >= 4 is 0 Å². The first kappa shape index (κ1) is 13.5. The zero-order valence-electron chi connectivity index (χ0n) is 11.0. The lowest BCUT2D eigenvalue weighted by Gasteiger charge is -2.36. The Bertz CT molecular complexity index is 234. The summed E-state index contributed by atoms with van der Waals surface area (Å²) in [6.45, 7) is 8.26. The first-order chi connectivity index (χ1) is 7.68. The summed E-state index contributed by atoms with van der Waals surface area (Å²) in [5.41, 5.74) is -0.189. The number of hydrogen-bond acceptors (Lipinski definition) is 3. The van der Waals surface area contributed by atoms with Crippen LogP contribution in [0.2, 0.25) is 0 Å². The second-order valence-electron chi connectivity index (χ2n) is 4.50. The van der Waals surface area contributed by atoms with Gasteiger partial charge in [-0.3, -0.25) is 0 Å². The Labute approximate surface area is 99.2 Å². The van der Waals surface area contributed by atoms with Crippen LogP contribution < -0.4 is 5.32 Å². The van der Waals surface area contributed by atoms with Gasteiger partial charge in [-0.15, -0.1) is 0 Å². The van der Waals surface area contributed by atoms with E-state index in [-0.39, 0.29) is 11.6 Å². The van der Waals surface area contributed by atoms with Gasteiger partial charge in [0.1, 0.15) is 5.76 Å². The average molecular weight is 227 g/mol. The van der Waals surface area contributed by atoms with E-state index in [0.717, 1.165) is 38.2 Å². The fourth-order valence-corrected chi connectivity index (χ4v) is 2.01. The topological polar surface area (TPSA) is 30.5 Å². The Hall–Kier alpha value is -0.540. The van der Waals surface area contributed by atoms with Crippen LogP contribution in [0.4, 0.5) is 0 Å². The lowest BCUT2D eigenvalue weighted by molar-refractivity contribution is -0.0316.